The van der Waals surface area contributed by atoms with Gasteiger partial charge in [0.05, 0.1) is 24.5 Å². The summed E-state index contributed by atoms with van der Waals surface area (Å²) in [4.78, 5) is 9.55. The molecule has 1 atom stereocenters. The fraction of sp³-hybridized carbons (Fsp3) is 0.176. The number of nitrogens with zero attached hydrogens (tertiary/aromatic N) is 4. The molecule has 0 saturated heterocycles. The van der Waals surface area contributed by atoms with E-state index in [1.807, 2.05) is 0 Å². The van der Waals surface area contributed by atoms with Gasteiger partial charge in [-0.1, -0.05) is 22.5 Å². The van der Waals surface area contributed by atoms with E-state index in [0.29, 0.717) is 35.0 Å². The number of pyridine rings is 1. The summed E-state index contributed by atoms with van der Waals surface area (Å²) in [5.74, 6) is 0.497. The Kier molecular flexibility index (Phi) is 4.55. The highest BCUT2D eigenvalue weighted by Crippen LogP contribution is 2.31. The monoisotopic (exact) mass is 391 g/mol. The number of alkyl halides is 3. The first-order valence-electron chi connectivity index (χ1n) is 8.05. The van der Waals surface area contributed by atoms with Crippen LogP contribution < -0.4 is 9.47 Å². The Hall–Kier alpha value is -3.63. The van der Waals surface area contributed by atoms with Gasteiger partial charge >= 0.3 is 6.36 Å². The second kappa shape index (κ2) is 7.18. The summed E-state index contributed by atoms with van der Waals surface area (Å²) in [5, 5.41) is 13.9. The third-order valence-corrected chi connectivity index (χ3v) is 3.79. The predicted octanol–water partition coefficient (Wildman–Crippen LogP) is 3.62. The van der Waals surface area contributed by atoms with Crippen molar-refractivity contribution in [2.45, 2.75) is 18.9 Å². The minimum Gasteiger partial charge on any atom is -0.438 e. The van der Waals surface area contributed by atoms with E-state index in [1.54, 1.807) is 18.3 Å². The largest absolute Gasteiger partial charge is 0.573 e. The van der Waals surface area contributed by atoms with Gasteiger partial charge in [-0.25, -0.2) is 0 Å². The number of hydrogen-bond acceptors (Lipinski definition) is 7. The maximum absolute atomic E-state index is 12.2. The van der Waals surface area contributed by atoms with Crippen LogP contribution >= 0.6 is 0 Å². The minimum atomic E-state index is -4.73. The summed E-state index contributed by atoms with van der Waals surface area (Å²) in [6, 6.07) is 8.86. The molecule has 0 radical (unpaired) electrons. The Bertz CT molecular complexity index is 957. The first-order valence-corrected chi connectivity index (χ1v) is 8.05. The smallest absolute Gasteiger partial charge is 0.438 e. The molecule has 4 rings (SSSR count). The molecule has 0 spiro atoms. The molecule has 1 aromatic carbocycles. The van der Waals surface area contributed by atoms with Crippen LogP contribution in [0.25, 0.3) is 11.4 Å². The van der Waals surface area contributed by atoms with Gasteiger partial charge in [0.15, 0.2) is 6.10 Å². The molecule has 1 aliphatic heterocycles. The summed E-state index contributed by atoms with van der Waals surface area (Å²) >= 11 is 0. The van der Waals surface area contributed by atoms with Gasteiger partial charge in [-0.2, -0.15) is 0 Å². The molecule has 144 valence electrons. The number of benzene rings is 1. The van der Waals surface area contributed by atoms with E-state index in [4.69, 9.17) is 9.57 Å². The van der Waals surface area contributed by atoms with E-state index < -0.39 is 12.5 Å². The highest BCUT2D eigenvalue weighted by Gasteiger charge is 2.31. The van der Waals surface area contributed by atoms with E-state index in [9.17, 15) is 13.2 Å². The lowest BCUT2D eigenvalue weighted by Crippen LogP contribution is -2.17. The summed E-state index contributed by atoms with van der Waals surface area (Å²) < 4.78 is 46.1. The second-order valence-electron chi connectivity index (χ2n) is 5.75. The molecule has 0 fully saturated rings. The molecule has 1 N–H and O–H groups in total. The molecule has 0 aliphatic carbocycles. The van der Waals surface area contributed by atoms with Gasteiger partial charge in [-0.15, -0.1) is 18.3 Å². The number of rotatable bonds is 4. The van der Waals surface area contributed by atoms with Crippen LogP contribution in [0.5, 0.6) is 11.5 Å². The fourth-order valence-electron chi connectivity index (χ4n) is 2.54. The molecular weight excluding hydrogens is 379 g/mol. The van der Waals surface area contributed by atoms with Crippen molar-refractivity contribution in [2.24, 2.45) is 5.16 Å². The van der Waals surface area contributed by atoms with Crippen LogP contribution in [0.2, 0.25) is 0 Å². The van der Waals surface area contributed by atoms with Gasteiger partial charge in [0.1, 0.15) is 17.2 Å². The molecule has 0 unspecified atom stereocenters. The lowest BCUT2D eigenvalue weighted by Gasteiger charge is -2.11. The van der Waals surface area contributed by atoms with Crippen LogP contribution in [-0.4, -0.2) is 32.7 Å². The molecule has 0 bridgehead atoms. The Morgan fingerprint density at radius 1 is 1.04 bits per heavy atom. The van der Waals surface area contributed by atoms with E-state index in [2.05, 4.69) is 30.3 Å². The van der Waals surface area contributed by atoms with E-state index >= 15 is 0 Å². The Morgan fingerprint density at radius 3 is 2.46 bits per heavy atom. The Morgan fingerprint density at radius 2 is 1.82 bits per heavy atom. The standard InChI is InChI=1S/C17H12F3N5O3/c18-17(19,20)27-11-3-1-10(2-4-11)15-7-16(24-28-15)26-12-5-6-13(21-8-12)14-9-22-25-23-14/h1-6,8-9,15H,7H2,(H,22,23,25)/t15-/m1/s1. The highest BCUT2D eigenvalue weighted by molar-refractivity contribution is 5.79. The number of aromatic nitrogens is 4. The van der Waals surface area contributed by atoms with Crippen LogP contribution in [0.15, 0.2) is 53.9 Å². The third kappa shape index (κ3) is 4.19. The van der Waals surface area contributed by atoms with Crippen molar-refractivity contribution in [3.05, 3.63) is 54.4 Å². The first kappa shape index (κ1) is 17.8. The van der Waals surface area contributed by atoms with Crippen molar-refractivity contribution in [2.75, 3.05) is 0 Å². The number of halogens is 3. The Labute approximate surface area is 155 Å². The van der Waals surface area contributed by atoms with Gasteiger partial charge < -0.3 is 14.3 Å². The van der Waals surface area contributed by atoms with Crippen molar-refractivity contribution in [1.29, 1.82) is 0 Å². The van der Waals surface area contributed by atoms with Crippen molar-refractivity contribution in [3.8, 4) is 22.9 Å². The molecule has 28 heavy (non-hydrogen) atoms. The molecule has 11 heteroatoms. The molecule has 8 nitrogen and oxygen atoms in total. The van der Waals surface area contributed by atoms with Crippen molar-refractivity contribution < 1.29 is 27.5 Å². The highest BCUT2D eigenvalue weighted by atomic mass is 19.4. The van der Waals surface area contributed by atoms with Crippen molar-refractivity contribution in [1.82, 2.24) is 20.4 Å². The zero-order valence-corrected chi connectivity index (χ0v) is 14.1. The maximum atomic E-state index is 12.2. The molecule has 0 amide bonds. The average molecular weight is 391 g/mol. The van der Waals surface area contributed by atoms with Crippen molar-refractivity contribution in [3.63, 3.8) is 0 Å². The molecule has 2 aromatic heterocycles. The lowest BCUT2D eigenvalue weighted by molar-refractivity contribution is -0.274. The predicted molar refractivity (Wildman–Crippen MR) is 89.2 cm³/mol. The number of ether oxygens (including phenoxy) is 2. The maximum Gasteiger partial charge on any atom is 0.573 e. The SMILES string of the molecule is FC(F)(F)Oc1ccc([C@H]2CC(Oc3ccc(-c4cnn[nH]4)nc3)=NO2)cc1. The van der Waals surface area contributed by atoms with E-state index in [-0.39, 0.29) is 5.75 Å². The summed E-state index contributed by atoms with van der Waals surface area (Å²) in [7, 11) is 0. The fourth-order valence-corrected chi connectivity index (χ4v) is 2.54. The molecule has 3 aromatic rings. The number of nitrogens with one attached hydrogen (secondary N) is 1. The van der Waals surface area contributed by atoms with Crippen LogP contribution in [0.4, 0.5) is 13.2 Å². The van der Waals surface area contributed by atoms with Gasteiger partial charge in [0.25, 0.3) is 0 Å². The van der Waals surface area contributed by atoms with Crippen molar-refractivity contribution >= 4 is 5.90 Å². The van der Waals surface area contributed by atoms with Crippen LogP contribution in [0, 0.1) is 0 Å². The van der Waals surface area contributed by atoms with Gasteiger partial charge in [-0.3, -0.25) is 10.1 Å². The number of H-pyrrole nitrogens is 1. The summed E-state index contributed by atoms with van der Waals surface area (Å²) in [6.45, 7) is 0. The molecule has 1 aliphatic rings. The van der Waals surface area contributed by atoms with Crippen LogP contribution in [0.1, 0.15) is 18.1 Å². The zero-order chi connectivity index (χ0) is 19.6. The Balaban J connectivity index is 1.35. The summed E-state index contributed by atoms with van der Waals surface area (Å²) in [5.41, 5.74) is 1.98. The van der Waals surface area contributed by atoms with Gasteiger partial charge in [0.2, 0.25) is 5.90 Å². The molecule has 0 saturated carbocycles. The molecule has 3 heterocycles. The lowest BCUT2D eigenvalue weighted by atomic mass is 10.1. The minimum absolute atomic E-state index is 0.301. The number of oxime groups is 1. The number of hydrogen-bond donors (Lipinski definition) is 1. The quantitative estimate of drug-likeness (QED) is 0.730. The zero-order valence-electron chi connectivity index (χ0n) is 14.1. The van der Waals surface area contributed by atoms with Crippen LogP contribution in [0.3, 0.4) is 0 Å². The summed E-state index contributed by atoms with van der Waals surface area (Å²) in [6.07, 6.45) is -1.79. The second-order valence-corrected chi connectivity index (χ2v) is 5.75. The normalized spacial score (nSPS) is 16.4. The third-order valence-electron chi connectivity index (χ3n) is 3.79. The van der Waals surface area contributed by atoms with Gasteiger partial charge in [0, 0.05) is 0 Å². The van der Waals surface area contributed by atoms with E-state index in [0.717, 1.165) is 0 Å². The van der Waals surface area contributed by atoms with E-state index in [1.165, 1.54) is 30.5 Å². The van der Waals surface area contributed by atoms with Gasteiger partial charge in [-0.05, 0) is 29.8 Å². The first-order chi connectivity index (χ1) is 13.5. The van der Waals surface area contributed by atoms with Crippen LogP contribution in [-0.2, 0) is 4.84 Å². The number of aromatic amines is 1. The topological polar surface area (TPSA) is 94.5 Å². The average Bonchev–Trinajstić information content (AvgIpc) is 3.34. The molecular formula is C17H12F3N5O3.